The van der Waals surface area contributed by atoms with Crippen LogP contribution >= 0.6 is 0 Å². The van der Waals surface area contributed by atoms with E-state index in [1.54, 1.807) is 0 Å². The Morgan fingerprint density at radius 1 is 0.800 bits per heavy atom. The number of hydrogen-bond donors (Lipinski definition) is 4. The van der Waals surface area contributed by atoms with Crippen molar-refractivity contribution < 1.29 is 25.2 Å². The van der Waals surface area contributed by atoms with Crippen molar-refractivity contribution in [3.63, 3.8) is 0 Å². The predicted octanol–water partition coefficient (Wildman–Crippen LogP) is -0.0350. The van der Waals surface area contributed by atoms with Crippen molar-refractivity contribution in [1.29, 1.82) is 0 Å². The van der Waals surface area contributed by atoms with Crippen molar-refractivity contribution in [3.8, 4) is 0 Å². The third kappa shape index (κ3) is 7.70. The summed E-state index contributed by atoms with van der Waals surface area (Å²) in [6.07, 6.45) is 1.64. The van der Waals surface area contributed by atoms with Crippen LogP contribution in [0.2, 0.25) is 0 Å². The second-order valence-electron chi connectivity index (χ2n) is 3.96. The molecule has 0 spiro atoms. The summed E-state index contributed by atoms with van der Waals surface area (Å²) in [5.74, 6) is -3.76. The monoisotopic (exact) mass is 222 g/mol. The second kappa shape index (κ2) is 6.40. The lowest BCUT2D eigenvalue weighted by atomic mass is 10.1. The minimum absolute atomic E-state index is 0.199. The van der Waals surface area contributed by atoms with Crippen LogP contribution in [0.5, 0.6) is 0 Å². The molecule has 0 saturated carbocycles. The standard InChI is InChI=1S/C10H22O5/c1-3-5-9(11,12)7-15-8-10(13,14)6-4-2/h11-14H,3-8H2,1-2H3. The van der Waals surface area contributed by atoms with Crippen LogP contribution in [0, 0.1) is 0 Å². The minimum atomic E-state index is -1.88. The molecule has 0 radical (unpaired) electrons. The van der Waals surface area contributed by atoms with Gasteiger partial charge in [-0.15, -0.1) is 0 Å². The van der Waals surface area contributed by atoms with Gasteiger partial charge in [-0.1, -0.05) is 26.7 Å². The molecule has 5 nitrogen and oxygen atoms in total. The summed E-state index contributed by atoms with van der Waals surface area (Å²) >= 11 is 0. The molecule has 0 amide bonds. The summed E-state index contributed by atoms with van der Waals surface area (Å²) in [4.78, 5) is 0. The Hall–Kier alpha value is -0.200. The molecule has 0 aliphatic rings. The molecule has 0 aromatic rings. The molecule has 0 atom stereocenters. The van der Waals surface area contributed by atoms with E-state index in [4.69, 9.17) is 4.74 Å². The Kier molecular flexibility index (Phi) is 6.31. The van der Waals surface area contributed by atoms with Gasteiger partial charge in [0.25, 0.3) is 0 Å². The first kappa shape index (κ1) is 14.8. The predicted molar refractivity (Wildman–Crippen MR) is 55.0 cm³/mol. The van der Waals surface area contributed by atoms with Gasteiger partial charge in [0.05, 0.1) is 0 Å². The van der Waals surface area contributed by atoms with E-state index in [1.807, 2.05) is 13.8 Å². The highest BCUT2D eigenvalue weighted by Gasteiger charge is 2.26. The van der Waals surface area contributed by atoms with E-state index >= 15 is 0 Å². The summed E-state index contributed by atoms with van der Waals surface area (Å²) < 4.78 is 4.87. The van der Waals surface area contributed by atoms with Crippen molar-refractivity contribution in [2.45, 2.75) is 51.1 Å². The number of ether oxygens (including phenoxy) is 1. The summed E-state index contributed by atoms with van der Waals surface area (Å²) in [6, 6.07) is 0. The van der Waals surface area contributed by atoms with Crippen molar-refractivity contribution in [2.75, 3.05) is 13.2 Å². The van der Waals surface area contributed by atoms with Crippen molar-refractivity contribution in [1.82, 2.24) is 0 Å². The fourth-order valence-corrected chi connectivity index (χ4v) is 1.32. The van der Waals surface area contributed by atoms with Crippen LogP contribution in [-0.2, 0) is 4.74 Å². The summed E-state index contributed by atoms with van der Waals surface area (Å²) in [5.41, 5.74) is 0. The van der Waals surface area contributed by atoms with Crippen LogP contribution in [-0.4, -0.2) is 45.2 Å². The topological polar surface area (TPSA) is 90.2 Å². The molecule has 0 saturated heterocycles. The Labute approximate surface area is 90.3 Å². The van der Waals surface area contributed by atoms with Gasteiger partial charge in [-0.2, -0.15) is 0 Å². The minimum Gasteiger partial charge on any atom is -0.370 e. The Balaban J connectivity index is 3.77. The van der Waals surface area contributed by atoms with Gasteiger partial charge >= 0.3 is 0 Å². The molecule has 0 aliphatic heterocycles. The number of hydrogen-bond acceptors (Lipinski definition) is 5. The van der Waals surface area contributed by atoms with E-state index in [1.165, 1.54) is 0 Å². The zero-order chi connectivity index (χ0) is 11.9. The van der Waals surface area contributed by atoms with Gasteiger partial charge in [0.1, 0.15) is 13.2 Å². The zero-order valence-corrected chi connectivity index (χ0v) is 9.44. The highest BCUT2D eigenvalue weighted by molar-refractivity contribution is 4.66. The zero-order valence-electron chi connectivity index (χ0n) is 9.44. The largest absolute Gasteiger partial charge is 0.370 e. The molecule has 15 heavy (non-hydrogen) atoms. The lowest BCUT2D eigenvalue weighted by Crippen LogP contribution is -2.39. The van der Waals surface area contributed by atoms with Gasteiger partial charge in [0.15, 0.2) is 11.6 Å². The van der Waals surface area contributed by atoms with Gasteiger partial charge in [0, 0.05) is 12.8 Å². The van der Waals surface area contributed by atoms with Crippen molar-refractivity contribution in [3.05, 3.63) is 0 Å². The molecule has 0 aliphatic carbocycles. The fraction of sp³-hybridized carbons (Fsp3) is 1.00. The van der Waals surface area contributed by atoms with Crippen LogP contribution in [0.15, 0.2) is 0 Å². The Bertz CT molecular complexity index is 149. The van der Waals surface area contributed by atoms with Crippen LogP contribution in [0.4, 0.5) is 0 Å². The maximum absolute atomic E-state index is 9.31. The van der Waals surface area contributed by atoms with Crippen LogP contribution in [0.25, 0.3) is 0 Å². The molecule has 0 unspecified atom stereocenters. The first-order valence-electron chi connectivity index (χ1n) is 5.30. The normalized spacial score (nSPS) is 13.2. The third-order valence-corrected chi connectivity index (χ3v) is 1.97. The van der Waals surface area contributed by atoms with Crippen LogP contribution in [0.3, 0.4) is 0 Å². The maximum atomic E-state index is 9.31. The first-order chi connectivity index (χ1) is 6.83. The molecule has 0 aromatic carbocycles. The lowest BCUT2D eigenvalue weighted by Gasteiger charge is -2.25. The molecule has 4 N–H and O–H groups in total. The second-order valence-corrected chi connectivity index (χ2v) is 3.96. The molecule has 0 heterocycles. The third-order valence-electron chi connectivity index (χ3n) is 1.97. The van der Waals surface area contributed by atoms with Gasteiger partial charge < -0.3 is 25.2 Å². The van der Waals surface area contributed by atoms with E-state index in [0.29, 0.717) is 12.8 Å². The van der Waals surface area contributed by atoms with E-state index < -0.39 is 11.6 Å². The Morgan fingerprint density at radius 3 is 1.40 bits per heavy atom. The average Bonchev–Trinajstić information content (AvgIpc) is 2.02. The number of aliphatic hydroxyl groups is 4. The first-order valence-corrected chi connectivity index (χ1v) is 5.30. The van der Waals surface area contributed by atoms with Crippen LogP contribution < -0.4 is 0 Å². The van der Waals surface area contributed by atoms with Gasteiger partial charge in [-0.25, -0.2) is 0 Å². The quantitative estimate of drug-likeness (QED) is 0.433. The summed E-state index contributed by atoms with van der Waals surface area (Å²) in [5, 5.41) is 37.2. The van der Waals surface area contributed by atoms with E-state index in [2.05, 4.69) is 0 Å². The molecule has 5 heteroatoms. The van der Waals surface area contributed by atoms with Crippen LogP contribution in [0.1, 0.15) is 39.5 Å². The van der Waals surface area contributed by atoms with E-state index in [-0.39, 0.29) is 26.1 Å². The van der Waals surface area contributed by atoms with Gasteiger partial charge in [-0.3, -0.25) is 0 Å². The van der Waals surface area contributed by atoms with Crippen molar-refractivity contribution >= 4 is 0 Å². The highest BCUT2D eigenvalue weighted by Crippen LogP contribution is 2.13. The molecule has 0 fully saturated rings. The molecule has 0 bridgehead atoms. The molecule has 0 rings (SSSR count). The Morgan fingerprint density at radius 2 is 1.13 bits per heavy atom. The highest BCUT2D eigenvalue weighted by atomic mass is 16.6. The van der Waals surface area contributed by atoms with Gasteiger partial charge in [-0.05, 0) is 0 Å². The fourth-order valence-electron chi connectivity index (χ4n) is 1.32. The smallest absolute Gasteiger partial charge is 0.186 e. The maximum Gasteiger partial charge on any atom is 0.186 e. The van der Waals surface area contributed by atoms with E-state index in [9.17, 15) is 20.4 Å². The summed E-state index contributed by atoms with van der Waals surface area (Å²) in [6.45, 7) is 3.02. The molecular weight excluding hydrogens is 200 g/mol. The summed E-state index contributed by atoms with van der Waals surface area (Å²) in [7, 11) is 0. The van der Waals surface area contributed by atoms with Crippen molar-refractivity contribution in [2.24, 2.45) is 0 Å². The lowest BCUT2D eigenvalue weighted by molar-refractivity contribution is -0.242. The average molecular weight is 222 g/mol. The number of rotatable bonds is 8. The molecule has 0 aromatic heterocycles. The van der Waals surface area contributed by atoms with Gasteiger partial charge in [0.2, 0.25) is 0 Å². The molecule has 92 valence electrons. The molecular formula is C10H22O5. The van der Waals surface area contributed by atoms with E-state index in [0.717, 1.165) is 0 Å². The SMILES string of the molecule is CCCC(O)(O)COCC(O)(O)CCC.